The lowest BCUT2D eigenvalue weighted by Gasteiger charge is -2.35. The summed E-state index contributed by atoms with van der Waals surface area (Å²) in [5, 5.41) is 0. The predicted octanol–water partition coefficient (Wildman–Crippen LogP) is 3.21. The van der Waals surface area contributed by atoms with E-state index in [-0.39, 0.29) is 5.92 Å². The number of benzene rings is 1. The molecule has 2 fully saturated rings. The van der Waals surface area contributed by atoms with Crippen molar-refractivity contribution in [2.75, 3.05) is 0 Å². The largest absolute Gasteiger partial charge is 0.223 e. The average Bonchev–Trinajstić information content (AvgIpc) is 2.94. The molecule has 2 bridgehead atoms. The van der Waals surface area contributed by atoms with Crippen LogP contribution in [0.2, 0.25) is 0 Å². The molecule has 1 aromatic rings. The summed E-state index contributed by atoms with van der Waals surface area (Å²) in [4.78, 5) is 0.432. The average molecular weight is 262 g/mol. The van der Waals surface area contributed by atoms with E-state index in [4.69, 9.17) is 0 Å². The maximum absolute atomic E-state index is 12.9. The Balaban J connectivity index is 2.13. The molecule has 0 saturated heterocycles. The highest BCUT2D eigenvalue weighted by atomic mass is 32.2. The highest BCUT2D eigenvalue weighted by molar-refractivity contribution is 7.93. The maximum Gasteiger partial charge on any atom is 0.187 e. The lowest BCUT2D eigenvalue weighted by Crippen LogP contribution is -2.42. The highest BCUT2D eigenvalue weighted by Gasteiger charge is 2.58. The van der Waals surface area contributed by atoms with Crippen molar-refractivity contribution < 1.29 is 8.42 Å². The SMILES string of the molecule is C=C1[C@H]2CC[C@H](C2)[C@@]1(C)S(=O)(=O)c1ccccc1. The van der Waals surface area contributed by atoms with Gasteiger partial charge in [0, 0.05) is 0 Å². The molecular weight excluding hydrogens is 244 g/mol. The van der Waals surface area contributed by atoms with E-state index in [1.165, 1.54) is 0 Å². The van der Waals surface area contributed by atoms with Gasteiger partial charge >= 0.3 is 0 Å². The van der Waals surface area contributed by atoms with Crippen molar-refractivity contribution in [3.63, 3.8) is 0 Å². The van der Waals surface area contributed by atoms with Gasteiger partial charge in [-0.3, -0.25) is 0 Å². The van der Waals surface area contributed by atoms with Crippen molar-refractivity contribution >= 4 is 9.84 Å². The van der Waals surface area contributed by atoms with E-state index in [0.717, 1.165) is 24.8 Å². The van der Waals surface area contributed by atoms with Crippen molar-refractivity contribution in [3.05, 3.63) is 42.5 Å². The van der Waals surface area contributed by atoms with E-state index >= 15 is 0 Å². The molecule has 3 atom stereocenters. The van der Waals surface area contributed by atoms with Crippen LogP contribution in [0.3, 0.4) is 0 Å². The predicted molar refractivity (Wildman–Crippen MR) is 72.0 cm³/mol. The van der Waals surface area contributed by atoms with Crippen molar-refractivity contribution in [2.24, 2.45) is 11.8 Å². The van der Waals surface area contributed by atoms with Gasteiger partial charge in [-0.05, 0) is 50.2 Å². The Bertz CT molecular complexity index is 588. The molecule has 0 unspecified atom stereocenters. The molecule has 1 aromatic carbocycles. The summed E-state index contributed by atoms with van der Waals surface area (Å²) in [5.41, 5.74) is 0.933. The van der Waals surface area contributed by atoms with Gasteiger partial charge in [0.05, 0.1) is 9.64 Å². The lowest BCUT2D eigenvalue weighted by molar-refractivity contribution is 0.438. The first kappa shape index (κ1) is 12.0. The first-order chi connectivity index (χ1) is 8.48. The van der Waals surface area contributed by atoms with Crippen LogP contribution in [-0.2, 0) is 9.84 Å². The zero-order chi connectivity index (χ0) is 13.0. The number of hydrogen-bond acceptors (Lipinski definition) is 2. The summed E-state index contributed by atoms with van der Waals surface area (Å²) >= 11 is 0. The summed E-state index contributed by atoms with van der Waals surface area (Å²) < 4.78 is 25.0. The molecule has 18 heavy (non-hydrogen) atoms. The van der Waals surface area contributed by atoms with Crippen molar-refractivity contribution in [1.82, 2.24) is 0 Å². The summed E-state index contributed by atoms with van der Waals surface area (Å²) in [7, 11) is -3.32. The minimum atomic E-state index is -3.32. The van der Waals surface area contributed by atoms with Gasteiger partial charge in [-0.1, -0.05) is 30.4 Å². The molecular formula is C15H18O2S. The molecule has 0 radical (unpaired) electrons. The first-order valence-electron chi connectivity index (χ1n) is 6.47. The standard InChI is InChI=1S/C15H18O2S/c1-11-12-8-9-13(10-12)15(11,2)18(16,17)14-6-4-3-5-7-14/h3-7,12-13H,1,8-10H2,2H3/t12-,13+,15-/m0/s1. The zero-order valence-corrected chi connectivity index (χ0v) is 11.4. The van der Waals surface area contributed by atoms with E-state index in [1.54, 1.807) is 24.3 Å². The fraction of sp³-hybridized carbons (Fsp3) is 0.467. The molecule has 0 aliphatic heterocycles. The molecule has 2 aliphatic carbocycles. The molecule has 0 aromatic heterocycles. The van der Waals surface area contributed by atoms with Gasteiger partial charge in [-0.2, -0.15) is 0 Å². The van der Waals surface area contributed by atoms with Crippen molar-refractivity contribution in [2.45, 2.75) is 35.8 Å². The van der Waals surface area contributed by atoms with Crippen molar-refractivity contribution in [1.29, 1.82) is 0 Å². The van der Waals surface area contributed by atoms with Gasteiger partial charge in [-0.15, -0.1) is 0 Å². The fourth-order valence-electron chi connectivity index (χ4n) is 3.70. The first-order valence-corrected chi connectivity index (χ1v) is 7.95. The molecule has 0 amide bonds. The summed E-state index contributed by atoms with van der Waals surface area (Å²) in [6.45, 7) is 5.98. The van der Waals surface area contributed by atoms with E-state index in [1.807, 2.05) is 13.0 Å². The van der Waals surface area contributed by atoms with Crippen LogP contribution in [0.25, 0.3) is 0 Å². The maximum atomic E-state index is 12.9. The van der Waals surface area contributed by atoms with Crippen LogP contribution >= 0.6 is 0 Å². The molecule has 0 heterocycles. The van der Waals surface area contributed by atoms with Gasteiger partial charge in [0.2, 0.25) is 0 Å². The van der Waals surface area contributed by atoms with Crippen LogP contribution < -0.4 is 0 Å². The molecule has 96 valence electrons. The normalized spacial score (nSPS) is 35.1. The highest BCUT2D eigenvalue weighted by Crippen LogP contribution is 2.58. The van der Waals surface area contributed by atoms with Gasteiger partial charge in [0.15, 0.2) is 9.84 Å². The Morgan fingerprint density at radius 3 is 2.44 bits per heavy atom. The monoisotopic (exact) mass is 262 g/mol. The number of hydrogen-bond donors (Lipinski definition) is 0. The van der Waals surface area contributed by atoms with E-state index in [2.05, 4.69) is 6.58 Å². The number of sulfone groups is 1. The van der Waals surface area contributed by atoms with E-state index < -0.39 is 14.6 Å². The molecule has 0 N–H and O–H groups in total. The third-order valence-corrected chi connectivity index (χ3v) is 7.56. The summed E-state index contributed by atoms with van der Waals surface area (Å²) in [6, 6.07) is 8.80. The quantitative estimate of drug-likeness (QED) is 0.767. The van der Waals surface area contributed by atoms with E-state index in [9.17, 15) is 8.42 Å². The number of fused-ring (bicyclic) bond motifs is 2. The summed E-state index contributed by atoms with van der Waals surface area (Å²) in [5.74, 6) is 0.665. The van der Waals surface area contributed by atoms with Crippen LogP contribution in [-0.4, -0.2) is 13.2 Å². The van der Waals surface area contributed by atoms with Crippen LogP contribution in [0.1, 0.15) is 26.2 Å². The summed E-state index contributed by atoms with van der Waals surface area (Å²) in [6.07, 6.45) is 3.14. The van der Waals surface area contributed by atoms with Crippen LogP contribution in [0.5, 0.6) is 0 Å². The molecule has 3 rings (SSSR count). The van der Waals surface area contributed by atoms with Crippen LogP contribution in [0, 0.1) is 11.8 Å². The Labute approximate surface area is 109 Å². The van der Waals surface area contributed by atoms with Crippen LogP contribution in [0.15, 0.2) is 47.4 Å². The molecule has 0 spiro atoms. The second-order valence-corrected chi connectivity index (χ2v) is 7.98. The van der Waals surface area contributed by atoms with Gasteiger partial charge in [-0.25, -0.2) is 8.42 Å². The van der Waals surface area contributed by atoms with Gasteiger partial charge in [0.1, 0.15) is 0 Å². The van der Waals surface area contributed by atoms with Gasteiger partial charge in [0.25, 0.3) is 0 Å². The Morgan fingerprint density at radius 2 is 1.89 bits per heavy atom. The third-order valence-electron chi connectivity index (χ3n) is 4.95. The van der Waals surface area contributed by atoms with E-state index in [0.29, 0.717) is 10.8 Å². The second-order valence-electron chi connectivity index (χ2n) is 5.66. The molecule has 2 aliphatic rings. The Morgan fingerprint density at radius 1 is 1.22 bits per heavy atom. The molecule has 3 heteroatoms. The smallest absolute Gasteiger partial charge is 0.187 e. The van der Waals surface area contributed by atoms with Crippen LogP contribution in [0.4, 0.5) is 0 Å². The molecule has 2 saturated carbocycles. The zero-order valence-electron chi connectivity index (χ0n) is 10.6. The minimum absolute atomic E-state index is 0.250. The second kappa shape index (κ2) is 3.70. The lowest BCUT2D eigenvalue weighted by atomic mass is 9.86. The van der Waals surface area contributed by atoms with Gasteiger partial charge < -0.3 is 0 Å². The fourth-order valence-corrected chi connectivity index (χ4v) is 5.87. The Hall–Kier alpha value is -1.09. The van der Waals surface area contributed by atoms with Crippen molar-refractivity contribution in [3.8, 4) is 0 Å². The number of rotatable bonds is 2. The molecule has 2 nitrogen and oxygen atoms in total. The topological polar surface area (TPSA) is 34.1 Å². The minimum Gasteiger partial charge on any atom is -0.223 e. The third kappa shape index (κ3) is 1.31. The Kier molecular flexibility index (Phi) is 2.46.